The quantitative estimate of drug-likeness (QED) is 0.710. The minimum Gasteiger partial charge on any atom is -0.369 e. The molecule has 0 atom stereocenters. The number of ketones is 1. The second kappa shape index (κ2) is 5.46. The number of carbonyl (C=O) groups is 1. The molecule has 0 saturated heterocycles. The van der Waals surface area contributed by atoms with Gasteiger partial charge < -0.3 is 10.3 Å². The van der Waals surface area contributed by atoms with Crippen molar-refractivity contribution in [1.82, 2.24) is 15.0 Å². The second-order valence-electron chi connectivity index (χ2n) is 5.78. The Morgan fingerprint density at radius 3 is 2.87 bits per heavy atom. The zero-order valence-electron chi connectivity index (χ0n) is 12.3. The van der Waals surface area contributed by atoms with E-state index in [0.717, 1.165) is 6.54 Å². The molecule has 1 aromatic carbocycles. The molecule has 5 nitrogen and oxygen atoms in total. The summed E-state index contributed by atoms with van der Waals surface area (Å²) in [5, 5.41) is 3.89. The Hall–Kier alpha value is -2.76. The van der Waals surface area contributed by atoms with Gasteiger partial charge in [-0.25, -0.2) is 14.4 Å². The van der Waals surface area contributed by atoms with Gasteiger partial charge in [-0.1, -0.05) is 12.1 Å². The van der Waals surface area contributed by atoms with Crippen LogP contribution < -0.4 is 5.32 Å². The predicted octanol–water partition coefficient (Wildman–Crippen LogP) is 3.15. The fraction of sp³-hybridized carbons (Fsp3) is 0.235. The number of H-pyrrole nitrogens is 1. The van der Waals surface area contributed by atoms with Gasteiger partial charge in [-0.05, 0) is 30.9 Å². The van der Waals surface area contributed by atoms with Crippen LogP contribution in [0.25, 0.3) is 11.0 Å². The maximum Gasteiger partial charge on any atom is 0.198 e. The highest BCUT2D eigenvalue weighted by atomic mass is 19.1. The summed E-state index contributed by atoms with van der Waals surface area (Å²) in [6, 6.07) is 5.98. The molecule has 6 heteroatoms. The number of halogens is 1. The number of anilines is 1. The van der Waals surface area contributed by atoms with Gasteiger partial charge in [-0.15, -0.1) is 0 Å². The molecule has 4 rings (SSSR count). The number of benzene rings is 1. The number of fused-ring (bicyclic) bond motifs is 1. The monoisotopic (exact) mass is 310 g/mol. The number of rotatable bonds is 5. The first-order chi connectivity index (χ1) is 11.2. The highest BCUT2D eigenvalue weighted by Crippen LogP contribution is 2.31. The third-order valence-electron chi connectivity index (χ3n) is 4.09. The van der Waals surface area contributed by atoms with E-state index in [0.29, 0.717) is 28.3 Å². The molecule has 2 heterocycles. The van der Waals surface area contributed by atoms with Crippen molar-refractivity contribution in [2.24, 2.45) is 5.92 Å². The molecule has 0 bridgehead atoms. The number of carbonyl (C=O) groups excluding carboxylic acids is 1. The Bertz CT molecular complexity index is 885. The van der Waals surface area contributed by atoms with Gasteiger partial charge >= 0.3 is 0 Å². The van der Waals surface area contributed by atoms with Gasteiger partial charge in [0.05, 0.1) is 16.5 Å². The smallest absolute Gasteiger partial charge is 0.198 e. The van der Waals surface area contributed by atoms with E-state index in [1.54, 1.807) is 18.3 Å². The van der Waals surface area contributed by atoms with Crippen LogP contribution in [0, 0.1) is 11.7 Å². The Morgan fingerprint density at radius 1 is 1.26 bits per heavy atom. The van der Waals surface area contributed by atoms with Gasteiger partial charge in [-0.3, -0.25) is 4.79 Å². The highest BCUT2D eigenvalue weighted by molar-refractivity contribution is 6.18. The molecule has 1 aliphatic rings. The van der Waals surface area contributed by atoms with Gasteiger partial charge in [0.2, 0.25) is 0 Å². The van der Waals surface area contributed by atoms with Crippen molar-refractivity contribution < 1.29 is 9.18 Å². The van der Waals surface area contributed by atoms with Gasteiger partial charge in [0.25, 0.3) is 0 Å². The Kier molecular flexibility index (Phi) is 3.29. The van der Waals surface area contributed by atoms with Crippen molar-refractivity contribution in [2.45, 2.75) is 12.8 Å². The number of hydrogen-bond donors (Lipinski definition) is 2. The van der Waals surface area contributed by atoms with Crippen molar-refractivity contribution in [3.63, 3.8) is 0 Å². The van der Waals surface area contributed by atoms with Gasteiger partial charge in [0.15, 0.2) is 5.78 Å². The summed E-state index contributed by atoms with van der Waals surface area (Å²) >= 11 is 0. The molecular formula is C17H15FN4O. The van der Waals surface area contributed by atoms with Crippen LogP contribution >= 0.6 is 0 Å². The first kappa shape index (κ1) is 13.9. The maximum atomic E-state index is 13.9. The lowest BCUT2D eigenvalue weighted by Gasteiger charge is -2.07. The van der Waals surface area contributed by atoms with Gasteiger partial charge in [0.1, 0.15) is 23.6 Å². The highest BCUT2D eigenvalue weighted by Gasteiger charge is 2.23. The zero-order valence-corrected chi connectivity index (χ0v) is 12.3. The molecule has 0 unspecified atom stereocenters. The summed E-state index contributed by atoms with van der Waals surface area (Å²) in [7, 11) is 0. The lowest BCUT2D eigenvalue weighted by atomic mass is 10.0. The fourth-order valence-corrected chi connectivity index (χ4v) is 2.63. The first-order valence-electron chi connectivity index (χ1n) is 7.59. The normalized spacial score (nSPS) is 14.1. The first-order valence-corrected chi connectivity index (χ1v) is 7.59. The summed E-state index contributed by atoms with van der Waals surface area (Å²) in [5.41, 5.74) is 0.993. The summed E-state index contributed by atoms with van der Waals surface area (Å²) in [4.78, 5) is 24.1. The van der Waals surface area contributed by atoms with Crippen molar-refractivity contribution in [1.29, 1.82) is 0 Å². The van der Waals surface area contributed by atoms with E-state index in [1.807, 2.05) is 0 Å². The van der Waals surface area contributed by atoms with Gasteiger partial charge in [0, 0.05) is 12.7 Å². The van der Waals surface area contributed by atoms with Crippen LogP contribution in [-0.2, 0) is 0 Å². The average Bonchev–Trinajstić information content (AvgIpc) is 3.29. The van der Waals surface area contributed by atoms with Crippen LogP contribution in [0.5, 0.6) is 0 Å². The van der Waals surface area contributed by atoms with E-state index in [9.17, 15) is 9.18 Å². The standard InChI is InChI=1S/C17H15FN4O/c18-13-4-2-1-3-11(13)15(23)12-8-20-17-14(12)16(21-9-22-17)19-7-10-5-6-10/h1-4,8-10H,5-7H2,(H2,19,20,21,22). The minimum atomic E-state index is -0.531. The molecule has 2 aromatic heterocycles. The molecule has 1 saturated carbocycles. The maximum absolute atomic E-state index is 13.9. The SMILES string of the molecule is O=C(c1ccccc1F)c1c[nH]c2ncnc(NCC3CC3)c12. The lowest BCUT2D eigenvalue weighted by Crippen LogP contribution is -2.08. The minimum absolute atomic E-state index is 0.0467. The number of aromatic nitrogens is 3. The fourth-order valence-electron chi connectivity index (χ4n) is 2.63. The molecule has 116 valence electrons. The van der Waals surface area contributed by atoms with Crippen molar-refractivity contribution >= 4 is 22.6 Å². The van der Waals surface area contributed by atoms with Crippen LogP contribution in [0.1, 0.15) is 28.8 Å². The molecular weight excluding hydrogens is 295 g/mol. The third kappa shape index (κ3) is 2.56. The van der Waals surface area contributed by atoms with E-state index >= 15 is 0 Å². The lowest BCUT2D eigenvalue weighted by molar-refractivity contribution is 0.103. The molecule has 0 radical (unpaired) electrons. The second-order valence-corrected chi connectivity index (χ2v) is 5.78. The molecule has 0 aliphatic heterocycles. The number of nitrogens with zero attached hydrogens (tertiary/aromatic N) is 2. The van der Waals surface area contributed by atoms with Crippen molar-refractivity contribution in [3.8, 4) is 0 Å². The number of nitrogens with one attached hydrogen (secondary N) is 2. The van der Waals surface area contributed by atoms with Gasteiger partial charge in [-0.2, -0.15) is 0 Å². The van der Waals surface area contributed by atoms with Crippen molar-refractivity contribution in [2.75, 3.05) is 11.9 Å². The summed E-state index contributed by atoms with van der Waals surface area (Å²) < 4.78 is 13.9. The summed E-state index contributed by atoms with van der Waals surface area (Å²) in [6.45, 7) is 0.824. The van der Waals surface area contributed by atoms with Crippen LogP contribution in [0.3, 0.4) is 0 Å². The average molecular weight is 310 g/mol. The van der Waals surface area contributed by atoms with Crippen LogP contribution in [-0.4, -0.2) is 27.3 Å². The van der Waals surface area contributed by atoms with E-state index in [-0.39, 0.29) is 11.3 Å². The van der Waals surface area contributed by atoms with Crippen LogP contribution in [0.15, 0.2) is 36.8 Å². The summed E-state index contributed by atoms with van der Waals surface area (Å²) in [5.74, 6) is 0.377. The predicted molar refractivity (Wildman–Crippen MR) is 84.9 cm³/mol. The van der Waals surface area contributed by atoms with E-state index < -0.39 is 5.82 Å². The Labute approximate surface area is 132 Å². The van der Waals surface area contributed by atoms with Crippen molar-refractivity contribution in [3.05, 3.63) is 53.7 Å². The molecule has 0 amide bonds. The van der Waals surface area contributed by atoms with E-state index in [1.165, 1.54) is 31.3 Å². The number of hydrogen-bond acceptors (Lipinski definition) is 4. The van der Waals surface area contributed by atoms with E-state index in [2.05, 4.69) is 20.3 Å². The summed E-state index contributed by atoms with van der Waals surface area (Å²) in [6.07, 6.45) is 5.45. The Balaban J connectivity index is 1.77. The molecule has 1 aliphatic carbocycles. The number of aromatic amines is 1. The molecule has 23 heavy (non-hydrogen) atoms. The Morgan fingerprint density at radius 2 is 2.09 bits per heavy atom. The largest absolute Gasteiger partial charge is 0.369 e. The van der Waals surface area contributed by atoms with E-state index in [4.69, 9.17) is 0 Å². The van der Waals surface area contributed by atoms with Crippen LogP contribution in [0.4, 0.5) is 10.2 Å². The molecule has 2 N–H and O–H groups in total. The zero-order chi connectivity index (χ0) is 15.8. The molecule has 1 fully saturated rings. The van der Waals surface area contributed by atoms with Crippen LogP contribution in [0.2, 0.25) is 0 Å². The topological polar surface area (TPSA) is 70.7 Å². The third-order valence-corrected chi connectivity index (χ3v) is 4.09. The molecule has 0 spiro atoms. The molecule has 3 aromatic rings.